The van der Waals surface area contributed by atoms with E-state index in [1.165, 1.54) is 0 Å². The van der Waals surface area contributed by atoms with E-state index in [2.05, 4.69) is 23.9 Å². The zero-order valence-electron chi connectivity index (χ0n) is 13.1. The number of anilines is 1. The van der Waals surface area contributed by atoms with Crippen LogP contribution in [0.4, 0.5) is 5.69 Å². The van der Waals surface area contributed by atoms with Gasteiger partial charge in [0.05, 0.1) is 5.75 Å². The summed E-state index contributed by atoms with van der Waals surface area (Å²) in [6.45, 7) is 5.57. The van der Waals surface area contributed by atoms with Gasteiger partial charge in [0.1, 0.15) is 0 Å². The van der Waals surface area contributed by atoms with Crippen molar-refractivity contribution in [2.45, 2.75) is 32.7 Å². The van der Waals surface area contributed by atoms with Gasteiger partial charge >= 0.3 is 0 Å². The number of benzene rings is 1. The van der Waals surface area contributed by atoms with Crippen molar-refractivity contribution in [3.8, 4) is 0 Å². The third-order valence-corrected chi connectivity index (χ3v) is 4.49. The lowest BCUT2D eigenvalue weighted by atomic mass is 10.1. The van der Waals surface area contributed by atoms with E-state index in [1.54, 1.807) is 13.2 Å². The molecule has 0 aliphatic rings. The van der Waals surface area contributed by atoms with Gasteiger partial charge in [-0.15, -0.1) is 0 Å². The summed E-state index contributed by atoms with van der Waals surface area (Å²) in [6, 6.07) is 7.70. The molecular weight excluding hydrogens is 288 g/mol. The van der Waals surface area contributed by atoms with Crippen LogP contribution in [0.5, 0.6) is 0 Å². The van der Waals surface area contributed by atoms with Crippen LogP contribution < -0.4 is 10.0 Å². The molecule has 0 saturated heterocycles. The minimum Gasteiger partial charge on any atom is -0.385 e. The number of hydrogen-bond acceptors (Lipinski definition) is 4. The van der Waals surface area contributed by atoms with Crippen molar-refractivity contribution in [2.75, 3.05) is 30.7 Å². The smallest absolute Gasteiger partial charge is 0.232 e. The summed E-state index contributed by atoms with van der Waals surface area (Å²) in [5.74, 6) is 0.0642. The summed E-state index contributed by atoms with van der Waals surface area (Å²) >= 11 is 0. The Labute approximate surface area is 128 Å². The molecule has 6 heteroatoms. The zero-order chi connectivity index (χ0) is 15.7. The fourth-order valence-electron chi connectivity index (χ4n) is 1.97. The number of hydrogen-bond donors (Lipinski definition) is 2. The van der Waals surface area contributed by atoms with E-state index in [0.29, 0.717) is 18.7 Å². The minimum absolute atomic E-state index is 0.0642. The number of methoxy groups -OCH3 is 1. The Morgan fingerprint density at radius 1 is 1.33 bits per heavy atom. The molecule has 1 aromatic rings. The fourth-order valence-corrected chi connectivity index (χ4v) is 3.06. The SMILES string of the molecule is CCCNC(C)c1cccc(NS(=O)(=O)CCCOC)c1. The Balaban J connectivity index is 2.67. The van der Waals surface area contributed by atoms with E-state index in [1.807, 2.05) is 18.2 Å². The first-order chi connectivity index (χ1) is 9.98. The maximum Gasteiger partial charge on any atom is 0.232 e. The Morgan fingerprint density at radius 2 is 2.10 bits per heavy atom. The van der Waals surface area contributed by atoms with Crippen LogP contribution in [0.1, 0.15) is 38.3 Å². The first kappa shape index (κ1) is 17.9. The number of sulfonamides is 1. The molecule has 0 saturated carbocycles. The van der Waals surface area contributed by atoms with Crippen LogP contribution in [0.25, 0.3) is 0 Å². The molecule has 5 nitrogen and oxygen atoms in total. The van der Waals surface area contributed by atoms with Gasteiger partial charge in [0.2, 0.25) is 10.0 Å². The lowest BCUT2D eigenvalue weighted by molar-refractivity contribution is 0.199. The second-order valence-electron chi connectivity index (χ2n) is 5.07. The van der Waals surface area contributed by atoms with Crippen LogP contribution >= 0.6 is 0 Å². The second kappa shape index (κ2) is 9.02. The molecule has 2 N–H and O–H groups in total. The Kier molecular flexibility index (Phi) is 7.71. The zero-order valence-corrected chi connectivity index (χ0v) is 13.9. The lowest BCUT2D eigenvalue weighted by Crippen LogP contribution is -2.20. The molecule has 1 atom stereocenters. The molecule has 0 aromatic heterocycles. The molecule has 0 spiro atoms. The van der Waals surface area contributed by atoms with E-state index in [0.717, 1.165) is 18.5 Å². The fraction of sp³-hybridized carbons (Fsp3) is 0.600. The standard InChI is InChI=1S/C15H26N2O3S/c1-4-9-16-13(2)14-7-5-8-15(12-14)17-21(18,19)11-6-10-20-3/h5,7-8,12-13,16-17H,4,6,9-11H2,1-3H3. The molecule has 0 bridgehead atoms. The Hall–Kier alpha value is -1.11. The number of ether oxygens (including phenoxy) is 1. The van der Waals surface area contributed by atoms with Crippen LogP contribution in [-0.2, 0) is 14.8 Å². The van der Waals surface area contributed by atoms with Gasteiger partial charge < -0.3 is 10.1 Å². The van der Waals surface area contributed by atoms with Gasteiger partial charge in [-0.1, -0.05) is 19.1 Å². The quantitative estimate of drug-likeness (QED) is 0.651. The monoisotopic (exact) mass is 314 g/mol. The first-order valence-corrected chi connectivity index (χ1v) is 8.96. The van der Waals surface area contributed by atoms with Gasteiger partial charge in [0.15, 0.2) is 0 Å². The molecule has 0 aliphatic heterocycles. The largest absolute Gasteiger partial charge is 0.385 e. The Bertz CT molecular complexity index is 517. The molecule has 1 unspecified atom stereocenters. The molecule has 1 aromatic carbocycles. The predicted octanol–water partition coefficient (Wildman–Crippen LogP) is 2.53. The van der Waals surface area contributed by atoms with E-state index >= 15 is 0 Å². The lowest BCUT2D eigenvalue weighted by Gasteiger charge is -2.15. The number of nitrogens with one attached hydrogen (secondary N) is 2. The third-order valence-electron chi connectivity index (χ3n) is 3.12. The van der Waals surface area contributed by atoms with E-state index in [9.17, 15) is 8.42 Å². The van der Waals surface area contributed by atoms with Crippen LogP contribution in [0.15, 0.2) is 24.3 Å². The van der Waals surface area contributed by atoms with Gasteiger partial charge in [0.25, 0.3) is 0 Å². The number of rotatable bonds is 10. The molecule has 0 radical (unpaired) electrons. The summed E-state index contributed by atoms with van der Waals surface area (Å²) < 4.78 is 31.4. The minimum atomic E-state index is -3.32. The van der Waals surface area contributed by atoms with Gasteiger partial charge in [-0.25, -0.2) is 8.42 Å². The molecule has 21 heavy (non-hydrogen) atoms. The third kappa shape index (κ3) is 6.93. The molecule has 120 valence electrons. The van der Waals surface area contributed by atoms with Gasteiger partial charge in [-0.3, -0.25) is 4.72 Å². The van der Waals surface area contributed by atoms with Crippen LogP contribution in [0, 0.1) is 0 Å². The maximum atomic E-state index is 11.9. The highest BCUT2D eigenvalue weighted by molar-refractivity contribution is 7.92. The summed E-state index contributed by atoms with van der Waals surface area (Å²) in [5.41, 5.74) is 1.68. The van der Waals surface area contributed by atoms with Crippen LogP contribution in [0.3, 0.4) is 0 Å². The van der Waals surface area contributed by atoms with E-state index < -0.39 is 10.0 Å². The molecular formula is C15H26N2O3S. The first-order valence-electron chi connectivity index (χ1n) is 7.31. The normalized spacial score (nSPS) is 13.1. The van der Waals surface area contributed by atoms with Gasteiger partial charge in [0, 0.05) is 25.4 Å². The molecule has 0 heterocycles. The maximum absolute atomic E-state index is 11.9. The highest BCUT2D eigenvalue weighted by atomic mass is 32.2. The highest BCUT2D eigenvalue weighted by Gasteiger charge is 2.11. The summed E-state index contributed by atoms with van der Waals surface area (Å²) in [7, 11) is -1.75. The van der Waals surface area contributed by atoms with Crippen molar-refractivity contribution in [1.29, 1.82) is 0 Å². The van der Waals surface area contributed by atoms with E-state index in [4.69, 9.17) is 4.74 Å². The Morgan fingerprint density at radius 3 is 2.76 bits per heavy atom. The second-order valence-corrected chi connectivity index (χ2v) is 6.91. The van der Waals surface area contributed by atoms with Crippen LogP contribution in [0.2, 0.25) is 0 Å². The van der Waals surface area contributed by atoms with Crippen molar-refractivity contribution in [3.63, 3.8) is 0 Å². The van der Waals surface area contributed by atoms with Crippen molar-refractivity contribution >= 4 is 15.7 Å². The average Bonchev–Trinajstić information content (AvgIpc) is 2.44. The van der Waals surface area contributed by atoms with E-state index in [-0.39, 0.29) is 11.8 Å². The van der Waals surface area contributed by atoms with Crippen LogP contribution in [-0.4, -0.2) is 34.4 Å². The molecule has 0 aliphatic carbocycles. The topological polar surface area (TPSA) is 67.4 Å². The van der Waals surface area contributed by atoms with Gasteiger partial charge in [-0.2, -0.15) is 0 Å². The van der Waals surface area contributed by atoms with Crippen molar-refractivity contribution in [3.05, 3.63) is 29.8 Å². The summed E-state index contributed by atoms with van der Waals surface area (Å²) in [6.07, 6.45) is 1.55. The summed E-state index contributed by atoms with van der Waals surface area (Å²) in [4.78, 5) is 0. The molecule has 1 rings (SSSR count). The van der Waals surface area contributed by atoms with Gasteiger partial charge in [-0.05, 0) is 44.0 Å². The molecule has 0 amide bonds. The van der Waals surface area contributed by atoms with Crippen molar-refractivity contribution < 1.29 is 13.2 Å². The summed E-state index contributed by atoms with van der Waals surface area (Å²) in [5, 5.41) is 3.39. The van der Waals surface area contributed by atoms with Crippen molar-refractivity contribution in [2.24, 2.45) is 0 Å². The average molecular weight is 314 g/mol. The highest BCUT2D eigenvalue weighted by Crippen LogP contribution is 2.18. The van der Waals surface area contributed by atoms with Crippen molar-refractivity contribution in [1.82, 2.24) is 5.32 Å². The predicted molar refractivity (Wildman–Crippen MR) is 87.1 cm³/mol. The molecule has 0 fully saturated rings.